The molecule has 6 heteroatoms. The Morgan fingerprint density at radius 3 is 0.838 bits per heavy atom. The van der Waals surface area contributed by atoms with Crippen molar-refractivity contribution in [2.75, 3.05) is 13.2 Å². The van der Waals surface area contributed by atoms with E-state index in [-0.39, 0.29) is 31.1 Å². The topological polar surface area (TPSA) is 78.9 Å². The predicted octanol–water partition coefficient (Wildman–Crippen LogP) is 21.5. The van der Waals surface area contributed by atoms with Crippen LogP contribution in [0, 0.1) is 0 Å². The molecule has 0 saturated heterocycles. The maximum Gasteiger partial charge on any atom is 0.306 e. The van der Waals surface area contributed by atoms with E-state index in [2.05, 4.69) is 106 Å². The monoisotopic (exact) mass is 1030 g/mol. The first-order valence-electron chi connectivity index (χ1n) is 31.6. The number of hydrogen-bond acceptors (Lipinski definition) is 6. The van der Waals surface area contributed by atoms with E-state index in [9.17, 15) is 14.4 Å². The molecule has 1 atom stereocenters. The van der Waals surface area contributed by atoms with Crippen LogP contribution >= 0.6 is 0 Å². The second-order valence-electron chi connectivity index (χ2n) is 20.9. The SMILES string of the molecule is CC/C=C\C/C=C\C/C=C\C/C=C\CCCCCCCCCCCCCCCCCCC(=O)OCC(COC(=O)CCCCCCC/C=C\CCCCC)OC(=O)CCCCCCC/C=C\C/C=C\CCCCC. The molecule has 0 heterocycles. The van der Waals surface area contributed by atoms with Crippen LogP contribution in [0.2, 0.25) is 0 Å². The van der Waals surface area contributed by atoms with E-state index in [1.807, 2.05) is 0 Å². The van der Waals surface area contributed by atoms with Gasteiger partial charge in [0.25, 0.3) is 0 Å². The molecule has 0 aromatic rings. The minimum Gasteiger partial charge on any atom is -0.462 e. The molecular weight excluding hydrogens is 913 g/mol. The lowest BCUT2D eigenvalue weighted by Crippen LogP contribution is -2.30. The van der Waals surface area contributed by atoms with Gasteiger partial charge in [0, 0.05) is 19.3 Å². The normalized spacial score (nSPS) is 12.6. The molecule has 426 valence electrons. The van der Waals surface area contributed by atoms with Crippen LogP contribution in [0.4, 0.5) is 0 Å². The molecule has 0 aliphatic heterocycles. The minimum absolute atomic E-state index is 0.0825. The Morgan fingerprint density at radius 2 is 0.527 bits per heavy atom. The van der Waals surface area contributed by atoms with Crippen LogP contribution in [-0.2, 0) is 28.6 Å². The van der Waals surface area contributed by atoms with Crippen LogP contribution in [0.25, 0.3) is 0 Å². The Morgan fingerprint density at radius 1 is 0.284 bits per heavy atom. The van der Waals surface area contributed by atoms with E-state index in [4.69, 9.17) is 14.2 Å². The highest BCUT2D eigenvalue weighted by molar-refractivity contribution is 5.71. The molecule has 6 nitrogen and oxygen atoms in total. The van der Waals surface area contributed by atoms with Gasteiger partial charge in [0.2, 0.25) is 0 Å². The molecule has 0 fully saturated rings. The van der Waals surface area contributed by atoms with E-state index in [1.165, 1.54) is 154 Å². The molecule has 0 aliphatic carbocycles. The third kappa shape index (κ3) is 59.5. The van der Waals surface area contributed by atoms with Gasteiger partial charge in [-0.25, -0.2) is 0 Å². The summed E-state index contributed by atoms with van der Waals surface area (Å²) in [5, 5.41) is 0. The molecular formula is C68H118O6. The van der Waals surface area contributed by atoms with E-state index in [1.54, 1.807) is 0 Å². The summed E-state index contributed by atoms with van der Waals surface area (Å²) >= 11 is 0. The number of carbonyl (C=O) groups is 3. The van der Waals surface area contributed by atoms with Crippen molar-refractivity contribution < 1.29 is 28.6 Å². The van der Waals surface area contributed by atoms with Gasteiger partial charge in [0.15, 0.2) is 6.10 Å². The lowest BCUT2D eigenvalue weighted by atomic mass is 10.0. The average Bonchev–Trinajstić information content (AvgIpc) is 3.40. The first kappa shape index (κ1) is 70.6. The third-order valence-corrected chi connectivity index (χ3v) is 13.6. The largest absolute Gasteiger partial charge is 0.462 e. The standard InChI is InChI=1S/C68H118O6/c1-4-7-10-13-16-19-22-25-27-28-29-30-31-32-33-34-35-36-37-38-39-40-42-43-46-49-52-55-58-61-67(70)73-64-65(63-72-66(69)60-57-54-51-48-45-24-21-18-15-12-9-6-3)74-68(71)62-59-56-53-50-47-44-41-26-23-20-17-14-11-8-5-2/h7,10,16-21,25-27,29-30,41,65H,4-6,8-9,11-15,22-24,28,31-40,42-64H2,1-3H3/b10-7-,19-16-,20-17-,21-18-,27-25-,30-29-,41-26-. The first-order chi connectivity index (χ1) is 36.5. The molecule has 0 aromatic heterocycles. The molecule has 0 rings (SSSR count). The summed E-state index contributed by atoms with van der Waals surface area (Å²) in [7, 11) is 0. The van der Waals surface area contributed by atoms with Crippen molar-refractivity contribution in [3.8, 4) is 0 Å². The number of hydrogen-bond donors (Lipinski definition) is 0. The highest BCUT2D eigenvalue weighted by Gasteiger charge is 2.19. The van der Waals surface area contributed by atoms with Gasteiger partial charge in [-0.05, 0) is 116 Å². The Balaban J connectivity index is 4.20. The summed E-state index contributed by atoms with van der Waals surface area (Å²) in [5.74, 6) is -0.896. The number of carbonyl (C=O) groups excluding carboxylic acids is 3. The highest BCUT2D eigenvalue weighted by atomic mass is 16.6. The summed E-state index contributed by atoms with van der Waals surface area (Å²) in [5.41, 5.74) is 0. The molecule has 0 N–H and O–H groups in total. The van der Waals surface area contributed by atoms with E-state index in [0.29, 0.717) is 19.3 Å². The smallest absolute Gasteiger partial charge is 0.306 e. The Labute approximate surface area is 458 Å². The molecule has 0 spiro atoms. The quantitative estimate of drug-likeness (QED) is 0.0261. The molecule has 0 radical (unpaired) electrons. The fourth-order valence-corrected chi connectivity index (χ4v) is 8.87. The lowest BCUT2D eigenvalue weighted by molar-refractivity contribution is -0.167. The zero-order valence-corrected chi connectivity index (χ0v) is 48.8. The summed E-state index contributed by atoms with van der Waals surface area (Å²) in [6, 6.07) is 0. The predicted molar refractivity (Wildman–Crippen MR) is 321 cm³/mol. The first-order valence-corrected chi connectivity index (χ1v) is 31.6. The third-order valence-electron chi connectivity index (χ3n) is 13.6. The van der Waals surface area contributed by atoms with E-state index >= 15 is 0 Å². The van der Waals surface area contributed by atoms with Crippen molar-refractivity contribution >= 4 is 17.9 Å². The fourth-order valence-electron chi connectivity index (χ4n) is 8.87. The molecule has 0 aliphatic rings. The molecule has 0 aromatic carbocycles. The highest BCUT2D eigenvalue weighted by Crippen LogP contribution is 2.16. The van der Waals surface area contributed by atoms with Crippen LogP contribution in [0.1, 0.15) is 310 Å². The summed E-state index contributed by atoms with van der Waals surface area (Å²) < 4.78 is 16.9. The van der Waals surface area contributed by atoms with Gasteiger partial charge in [-0.2, -0.15) is 0 Å². The van der Waals surface area contributed by atoms with Gasteiger partial charge in [-0.15, -0.1) is 0 Å². The second kappa shape index (κ2) is 62.1. The van der Waals surface area contributed by atoms with Crippen LogP contribution < -0.4 is 0 Å². The molecule has 0 bridgehead atoms. The summed E-state index contributed by atoms with van der Waals surface area (Å²) in [4.78, 5) is 38.2. The molecule has 1 unspecified atom stereocenters. The fraction of sp³-hybridized carbons (Fsp3) is 0.750. The number of esters is 3. The van der Waals surface area contributed by atoms with Gasteiger partial charge in [0.1, 0.15) is 13.2 Å². The Kier molecular flexibility index (Phi) is 59.3. The Bertz CT molecular complexity index is 1420. The van der Waals surface area contributed by atoms with Crippen molar-refractivity contribution in [2.45, 2.75) is 316 Å². The van der Waals surface area contributed by atoms with Crippen molar-refractivity contribution in [3.05, 3.63) is 85.1 Å². The zero-order chi connectivity index (χ0) is 53.6. The van der Waals surface area contributed by atoms with Gasteiger partial charge in [-0.3, -0.25) is 14.4 Å². The van der Waals surface area contributed by atoms with Crippen molar-refractivity contribution in [1.29, 1.82) is 0 Å². The van der Waals surface area contributed by atoms with Gasteiger partial charge in [-0.1, -0.05) is 260 Å². The van der Waals surface area contributed by atoms with Crippen molar-refractivity contribution in [1.82, 2.24) is 0 Å². The van der Waals surface area contributed by atoms with Crippen LogP contribution in [0.5, 0.6) is 0 Å². The van der Waals surface area contributed by atoms with Gasteiger partial charge >= 0.3 is 17.9 Å². The maximum atomic E-state index is 12.9. The van der Waals surface area contributed by atoms with Crippen LogP contribution in [-0.4, -0.2) is 37.2 Å². The Hall–Kier alpha value is -3.41. The van der Waals surface area contributed by atoms with E-state index in [0.717, 1.165) is 116 Å². The number of unbranched alkanes of at least 4 members (excludes halogenated alkanes) is 32. The van der Waals surface area contributed by atoms with Crippen LogP contribution in [0.15, 0.2) is 85.1 Å². The lowest BCUT2D eigenvalue weighted by Gasteiger charge is -2.18. The second-order valence-corrected chi connectivity index (χ2v) is 20.9. The molecule has 0 saturated carbocycles. The zero-order valence-electron chi connectivity index (χ0n) is 48.8. The molecule has 0 amide bonds. The summed E-state index contributed by atoms with van der Waals surface area (Å²) in [6.45, 7) is 6.48. The maximum absolute atomic E-state index is 12.9. The van der Waals surface area contributed by atoms with Crippen molar-refractivity contribution in [2.24, 2.45) is 0 Å². The van der Waals surface area contributed by atoms with Gasteiger partial charge in [0.05, 0.1) is 0 Å². The number of rotatable bonds is 57. The minimum atomic E-state index is -0.786. The van der Waals surface area contributed by atoms with Gasteiger partial charge < -0.3 is 14.2 Å². The average molecular weight is 1030 g/mol. The summed E-state index contributed by atoms with van der Waals surface area (Å²) in [6.07, 6.45) is 81.7. The van der Waals surface area contributed by atoms with Crippen molar-refractivity contribution in [3.63, 3.8) is 0 Å². The number of ether oxygens (including phenoxy) is 3. The van der Waals surface area contributed by atoms with Crippen LogP contribution in [0.3, 0.4) is 0 Å². The number of allylic oxidation sites excluding steroid dienone is 14. The van der Waals surface area contributed by atoms with E-state index < -0.39 is 6.10 Å². The molecule has 74 heavy (non-hydrogen) atoms.